The van der Waals surface area contributed by atoms with Crippen molar-refractivity contribution in [3.05, 3.63) is 0 Å². The predicted octanol–water partition coefficient (Wildman–Crippen LogP) is -5.11. The standard InChI is InChI=1S/C16H28N2O11/c1-5(21)17-9-13(25)14(8(4-20)27-15(9)26)29-16-10(18-6(2)22)12(24)11(23)7(3-19)28-16/h7-16,19-20,23-26H,3-4H2,1-2H3,(H,17,21)(H,18,22)/t7-,8+,9+,10+,11-,12-,13-,14-,15-,16+/m1/s1. The second kappa shape index (κ2) is 10.1. The molecule has 2 heterocycles. The van der Waals surface area contributed by atoms with Crippen molar-refractivity contribution in [3.63, 3.8) is 0 Å². The quantitative estimate of drug-likeness (QED) is 0.202. The Morgan fingerprint density at radius 3 is 1.90 bits per heavy atom. The molecule has 0 aliphatic carbocycles. The minimum Gasteiger partial charge on any atom is -0.394 e. The summed E-state index contributed by atoms with van der Waals surface area (Å²) in [5.41, 5.74) is 0. The summed E-state index contributed by atoms with van der Waals surface area (Å²) in [4.78, 5) is 22.8. The van der Waals surface area contributed by atoms with E-state index in [0.29, 0.717) is 0 Å². The van der Waals surface area contributed by atoms with Gasteiger partial charge in [0.15, 0.2) is 12.6 Å². The third-order valence-electron chi connectivity index (χ3n) is 4.78. The molecular weight excluding hydrogens is 396 g/mol. The van der Waals surface area contributed by atoms with Crippen molar-refractivity contribution in [2.45, 2.75) is 75.1 Å². The van der Waals surface area contributed by atoms with Gasteiger partial charge in [0.2, 0.25) is 11.8 Å². The van der Waals surface area contributed by atoms with Crippen molar-refractivity contribution < 1.29 is 54.4 Å². The van der Waals surface area contributed by atoms with Crippen LogP contribution in [0.3, 0.4) is 0 Å². The molecular formula is C16H28N2O11. The fraction of sp³-hybridized carbons (Fsp3) is 0.875. The molecule has 2 aliphatic heterocycles. The van der Waals surface area contributed by atoms with Gasteiger partial charge in [-0.1, -0.05) is 0 Å². The summed E-state index contributed by atoms with van der Waals surface area (Å²) in [5, 5.41) is 64.5. The maximum Gasteiger partial charge on any atom is 0.217 e. The molecule has 10 atom stereocenters. The first kappa shape index (κ1) is 23.9. The number of aliphatic hydroxyl groups excluding tert-OH is 6. The van der Waals surface area contributed by atoms with Gasteiger partial charge < -0.3 is 55.5 Å². The van der Waals surface area contributed by atoms with Crippen molar-refractivity contribution in [1.82, 2.24) is 10.6 Å². The van der Waals surface area contributed by atoms with Crippen molar-refractivity contribution in [3.8, 4) is 0 Å². The number of hydrogen-bond acceptors (Lipinski definition) is 11. The molecule has 29 heavy (non-hydrogen) atoms. The maximum absolute atomic E-state index is 11.5. The van der Waals surface area contributed by atoms with E-state index in [9.17, 15) is 40.2 Å². The Bertz CT molecular complexity index is 579. The molecule has 0 unspecified atom stereocenters. The molecule has 0 radical (unpaired) electrons. The Morgan fingerprint density at radius 1 is 0.828 bits per heavy atom. The van der Waals surface area contributed by atoms with Crippen LogP contribution in [0.2, 0.25) is 0 Å². The number of carbonyl (C=O) groups is 2. The highest BCUT2D eigenvalue weighted by Gasteiger charge is 2.51. The predicted molar refractivity (Wildman–Crippen MR) is 91.8 cm³/mol. The summed E-state index contributed by atoms with van der Waals surface area (Å²) in [6, 6.07) is -2.59. The Labute approximate surface area is 166 Å². The molecule has 0 saturated carbocycles. The van der Waals surface area contributed by atoms with E-state index >= 15 is 0 Å². The van der Waals surface area contributed by atoms with Gasteiger partial charge in [0.1, 0.15) is 48.7 Å². The van der Waals surface area contributed by atoms with E-state index in [1.54, 1.807) is 0 Å². The van der Waals surface area contributed by atoms with Crippen LogP contribution in [0.4, 0.5) is 0 Å². The molecule has 0 aromatic rings. The molecule has 2 fully saturated rings. The van der Waals surface area contributed by atoms with Gasteiger partial charge in [0, 0.05) is 13.8 Å². The normalized spacial score (nSPS) is 42.9. The number of nitrogens with one attached hydrogen (secondary N) is 2. The average molecular weight is 424 g/mol. The minimum absolute atomic E-state index is 0.568. The lowest BCUT2D eigenvalue weighted by molar-refractivity contribution is -0.327. The smallest absolute Gasteiger partial charge is 0.217 e. The molecule has 168 valence electrons. The van der Waals surface area contributed by atoms with Gasteiger partial charge in [-0.15, -0.1) is 0 Å². The van der Waals surface area contributed by atoms with Gasteiger partial charge in [-0.2, -0.15) is 0 Å². The molecule has 2 rings (SSSR count). The van der Waals surface area contributed by atoms with Gasteiger partial charge in [-0.3, -0.25) is 9.59 Å². The highest BCUT2D eigenvalue weighted by molar-refractivity contribution is 5.73. The monoisotopic (exact) mass is 424 g/mol. The molecule has 8 N–H and O–H groups in total. The number of amides is 2. The van der Waals surface area contributed by atoms with E-state index in [-0.39, 0.29) is 0 Å². The summed E-state index contributed by atoms with van der Waals surface area (Å²) in [5.74, 6) is -1.14. The molecule has 2 saturated heterocycles. The van der Waals surface area contributed by atoms with Crippen LogP contribution in [0.1, 0.15) is 13.8 Å². The SMILES string of the molecule is CC(=O)N[C@@H]1[C@H](O[C@H]2[C@H](O)[C@H](NC(C)=O)[C@H](O)O[C@H]2CO)O[C@H](CO)[C@@H](O)[C@@H]1O. The van der Waals surface area contributed by atoms with Crippen molar-refractivity contribution in [1.29, 1.82) is 0 Å². The second-order valence-corrected chi connectivity index (χ2v) is 7.00. The number of rotatable bonds is 6. The zero-order valence-electron chi connectivity index (χ0n) is 15.9. The zero-order valence-corrected chi connectivity index (χ0v) is 15.9. The van der Waals surface area contributed by atoms with Gasteiger partial charge in [0.05, 0.1) is 13.2 Å². The summed E-state index contributed by atoms with van der Waals surface area (Å²) < 4.78 is 16.3. The second-order valence-electron chi connectivity index (χ2n) is 7.00. The molecule has 0 spiro atoms. The molecule has 2 amide bonds. The summed E-state index contributed by atoms with van der Waals surface area (Å²) in [6.45, 7) is 0.962. The number of ether oxygens (including phenoxy) is 3. The van der Waals surface area contributed by atoms with Crippen molar-refractivity contribution in [2.75, 3.05) is 13.2 Å². The first-order valence-electron chi connectivity index (χ1n) is 9.05. The summed E-state index contributed by atoms with van der Waals surface area (Å²) in [6.07, 6.45) is -11.7. The van der Waals surface area contributed by atoms with E-state index in [4.69, 9.17) is 14.2 Å². The summed E-state index contributed by atoms with van der Waals surface area (Å²) >= 11 is 0. The number of hydrogen-bond donors (Lipinski definition) is 8. The molecule has 0 bridgehead atoms. The number of carbonyl (C=O) groups excluding carboxylic acids is 2. The lowest BCUT2D eigenvalue weighted by Crippen LogP contribution is -2.69. The molecule has 13 nitrogen and oxygen atoms in total. The van der Waals surface area contributed by atoms with E-state index < -0.39 is 86.3 Å². The lowest BCUT2D eigenvalue weighted by atomic mass is 9.94. The van der Waals surface area contributed by atoms with Crippen LogP contribution in [0.15, 0.2) is 0 Å². The molecule has 2 aliphatic rings. The van der Waals surface area contributed by atoms with E-state index in [0.717, 1.165) is 13.8 Å². The minimum atomic E-state index is -1.64. The van der Waals surface area contributed by atoms with Crippen LogP contribution in [0, 0.1) is 0 Å². The van der Waals surface area contributed by atoms with E-state index in [1.165, 1.54) is 0 Å². The molecule has 0 aromatic heterocycles. The first-order valence-corrected chi connectivity index (χ1v) is 9.05. The van der Waals surface area contributed by atoms with Gasteiger partial charge in [-0.05, 0) is 0 Å². The van der Waals surface area contributed by atoms with Crippen molar-refractivity contribution >= 4 is 11.8 Å². The van der Waals surface area contributed by atoms with Gasteiger partial charge in [-0.25, -0.2) is 0 Å². The summed E-state index contributed by atoms with van der Waals surface area (Å²) in [7, 11) is 0. The molecule has 0 aromatic carbocycles. The fourth-order valence-electron chi connectivity index (χ4n) is 3.38. The van der Waals surface area contributed by atoms with Crippen LogP contribution in [-0.4, -0.2) is 117 Å². The fourth-order valence-corrected chi connectivity index (χ4v) is 3.38. The average Bonchev–Trinajstić information content (AvgIpc) is 2.65. The van der Waals surface area contributed by atoms with Crippen LogP contribution < -0.4 is 10.6 Å². The van der Waals surface area contributed by atoms with Crippen LogP contribution in [0.5, 0.6) is 0 Å². The van der Waals surface area contributed by atoms with E-state index in [2.05, 4.69) is 10.6 Å². The van der Waals surface area contributed by atoms with Gasteiger partial charge in [0.25, 0.3) is 0 Å². The highest BCUT2D eigenvalue weighted by atomic mass is 16.7. The topological polar surface area (TPSA) is 207 Å². The largest absolute Gasteiger partial charge is 0.394 e. The Balaban J connectivity index is 2.26. The first-order chi connectivity index (χ1) is 13.6. The Hall–Kier alpha value is -1.42. The highest BCUT2D eigenvalue weighted by Crippen LogP contribution is 2.28. The molecule has 13 heteroatoms. The van der Waals surface area contributed by atoms with E-state index in [1.807, 2.05) is 0 Å². The Morgan fingerprint density at radius 2 is 1.38 bits per heavy atom. The maximum atomic E-state index is 11.5. The van der Waals surface area contributed by atoms with Gasteiger partial charge >= 0.3 is 0 Å². The third kappa shape index (κ3) is 5.39. The van der Waals surface area contributed by atoms with Crippen LogP contribution >= 0.6 is 0 Å². The lowest BCUT2D eigenvalue weighted by Gasteiger charge is -2.47. The van der Waals surface area contributed by atoms with Crippen molar-refractivity contribution in [2.24, 2.45) is 0 Å². The van der Waals surface area contributed by atoms with Crippen LogP contribution in [-0.2, 0) is 23.8 Å². The third-order valence-corrected chi connectivity index (χ3v) is 4.78. The zero-order chi connectivity index (χ0) is 21.9. The van der Waals surface area contributed by atoms with Crippen LogP contribution in [0.25, 0.3) is 0 Å². The number of aliphatic hydroxyl groups is 6. The Kier molecular flexibility index (Phi) is 8.28.